The Morgan fingerprint density at radius 3 is 2.58 bits per heavy atom. The number of amides is 1. The number of benzene rings is 2. The van der Waals surface area contributed by atoms with Crippen LogP contribution in [0.3, 0.4) is 0 Å². The third kappa shape index (κ3) is 3.23. The molecule has 126 valence electrons. The fourth-order valence-electron chi connectivity index (χ4n) is 2.97. The molecule has 0 saturated carbocycles. The van der Waals surface area contributed by atoms with Crippen molar-refractivity contribution >= 4 is 11.6 Å². The van der Waals surface area contributed by atoms with E-state index in [-0.39, 0.29) is 11.5 Å². The molecule has 0 fully saturated rings. The normalized spacial score (nSPS) is 16.0. The Labute approximate surface area is 143 Å². The van der Waals surface area contributed by atoms with Gasteiger partial charge in [-0.3, -0.25) is 4.79 Å². The van der Waals surface area contributed by atoms with E-state index >= 15 is 0 Å². The molecule has 1 aliphatic rings. The molecular formula is C20H23NO3. The Kier molecular flexibility index (Phi) is 4.22. The summed E-state index contributed by atoms with van der Waals surface area (Å²) in [7, 11) is 1.76. The van der Waals surface area contributed by atoms with Gasteiger partial charge in [-0.1, -0.05) is 30.3 Å². The Balaban J connectivity index is 1.76. The monoisotopic (exact) mass is 325 g/mol. The van der Waals surface area contributed by atoms with Crippen molar-refractivity contribution in [3.8, 4) is 11.5 Å². The van der Waals surface area contributed by atoms with E-state index in [0.717, 1.165) is 23.4 Å². The Morgan fingerprint density at radius 2 is 1.88 bits per heavy atom. The van der Waals surface area contributed by atoms with Crippen molar-refractivity contribution < 1.29 is 14.3 Å². The van der Waals surface area contributed by atoms with Gasteiger partial charge in [0.15, 0.2) is 17.6 Å². The van der Waals surface area contributed by atoms with E-state index in [1.807, 2.05) is 48.5 Å². The molecule has 24 heavy (non-hydrogen) atoms. The summed E-state index contributed by atoms with van der Waals surface area (Å²) >= 11 is 0. The number of ether oxygens (including phenoxy) is 2. The average molecular weight is 325 g/mol. The SMILES string of the molecule is C[C@@H](Oc1cccc2c1OC(C)(C)C2)C(=O)N(C)c1ccccc1. The van der Waals surface area contributed by atoms with E-state index in [0.29, 0.717) is 5.75 Å². The van der Waals surface area contributed by atoms with Gasteiger partial charge in [0.05, 0.1) is 0 Å². The molecule has 3 rings (SSSR count). The van der Waals surface area contributed by atoms with Gasteiger partial charge in [-0.2, -0.15) is 0 Å². The topological polar surface area (TPSA) is 38.8 Å². The van der Waals surface area contributed by atoms with Crippen molar-refractivity contribution in [2.24, 2.45) is 0 Å². The van der Waals surface area contributed by atoms with Crippen LogP contribution in [0, 0.1) is 0 Å². The highest BCUT2D eigenvalue weighted by Gasteiger charge is 2.33. The highest BCUT2D eigenvalue weighted by molar-refractivity contribution is 5.96. The zero-order chi connectivity index (χ0) is 17.3. The van der Waals surface area contributed by atoms with Crippen LogP contribution in [0.5, 0.6) is 11.5 Å². The molecule has 1 atom stereocenters. The van der Waals surface area contributed by atoms with Gasteiger partial charge in [0.1, 0.15) is 5.60 Å². The summed E-state index contributed by atoms with van der Waals surface area (Å²) in [5, 5.41) is 0. The number of nitrogens with zero attached hydrogens (tertiary/aromatic N) is 1. The van der Waals surface area contributed by atoms with Crippen molar-refractivity contribution in [1.82, 2.24) is 0 Å². The van der Waals surface area contributed by atoms with Crippen LogP contribution in [0.4, 0.5) is 5.69 Å². The minimum absolute atomic E-state index is 0.101. The summed E-state index contributed by atoms with van der Waals surface area (Å²) in [6.07, 6.45) is 0.236. The fourth-order valence-corrected chi connectivity index (χ4v) is 2.97. The summed E-state index contributed by atoms with van der Waals surface area (Å²) in [5.41, 5.74) is 1.72. The minimum Gasteiger partial charge on any atom is -0.483 e. The molecule has 0 bridgehead atoms. The molecular weight excluding hydrogens is 302 g/mol. The Morgan fingerprint density at radius 1 is 1.17 bits per heavy atom. The maximum absolute atomic E-state index is 12.6. The van der Waals surface area contributed by atoms with E-state index in [2.05, 4.69) is 13.8 Å². The number of rotatable bonds is 4. The second-order valence-corrected chi connectivity index (χ2v) is 6.78. The van der Waals surface area contributed by atoms with Crippen LogP contribution in [0.15, 0.2) is 48.5 Å². The van der Waals surface area contributed by atoms with Crippen LogP contribution in [-0.4, -0.2) is 24.7 Å². The summed E-state index contributed by atoms with van der Waals surface area (Å²) in [6, 6.07) is 15.4. The van der Waals surface area contributed by atoms with Crippen LogP contribution >= 0.6 is 0 Å². The smallest absolute Gasteiger partial charge is 0.267 e. The first-order valence-electron chi connectivity index (χ1n) is 8.17. The molecule has 1 heterocycles. The molecule has 0 aliphatic carbocycles. The highest BCUT2D eigenvalue weighted by atomic mass is 16.5. The number of carbonyl (C=O) groups is 1. The predicted octanol–water partition coefficient (Wildman–Crippen LogP) is 3.83. The van der Waals surface area contributed by atoms with Crippen LogP contribution in [0.1, 0.15) is 26.3 Å². The Hall–Kier alpha value is -2.49. The first-order chi connectivity index (χ1) is 11.4. The maximum atomic E-state index is 12.6. The number of fused-ring (bicyclic) bond motifs is 1. The number of hydrogen-bond donors (Lipinski definition) is 0. The molecule has 0 spiro atoms. The standard InChI is InChI=1S/C20H23NO3/c1-14(19(22)21(4)16-10-6-5-7-11-16)23-17-12-8-9-15-13-20(2,3)24-18(15)17/h5-12,14H,13H2,1-4H3/t14-/m1/s1. The molecule has 1 amide bonds. The summed E-state index contributed by atoms with van der Waals surface area (Å²) in [5.74, 6) is 1.28. The van der Waals surface area contributed by atoms with Crippen LogP contribution in [-0.2, 0) is 11.2 Å². The number of anilines is 1. The summed E-state index contributed by atoms with van der Waals surface area (Å²) in [4.78, 5) is 14.2. The second-order valence-electron chi connectivity index (χ2n) is 6.78. The average Bonchev–Trinajstić information content (AvgIpc) is 2.89. The van der Waals surface area contributed by atoms with Gasteiger partial charge < -0.3 is 14.4 Å². The predicted molar refractivity (Wildman–Crippen MR) is 94.8 cm³/mol. The molecule has 2 aromatic rings. The fraction of sp³-hybridized carbons (Fsp3) is 0.350. The highest BCUT2D eigenvalue weighted by Crippen LogP contribution is 2.42. The summed E-state index contributed by atoms with van der Waals surface area (Å²) in [6.45, 7) is 5.87. The lowest BCUT2D eigenvalue weighted by Crippen LogP contribution is -2.38. The zero-order valence-corrected chi connectivity index (χ0v) is 14.6. The molecule has 0 radical (unpaired) electrons. The Bertz CT molecular complexity index is 740. The lowest BCUT2D eigenvalue weighted by Gasteiger charge is -2.23. The second kappa shape index (κ2) is 6.19. The van der Waals surface area contributed by atoms with Gasteiger partial charge in [-0.15, -0.1) is 0 Å². The van der Waals surface area contributed by atoms with Gasteiger partial charge in [0.25, 0.3) is 5.91 Å². The number of carbonyl (C=O) groups excluding carboxylic acids is 1. The lowest BCUT2D eigenvalue weighted by molar-refractivity contribution is -0.124. The molecule has 2 aromatic carbocycles. The molecule has 4 nitrogen and oxygen atoms in total. The molecule has 0 N–H and O–H groups in total. The largest absolute Gasteiger partial charge is 0.483 e. The molecule has 0 aromatic heterocycles. The van der Waals surface area contributed by atoms with E-state index in [9.17, 15) is 4.79 Å². The van der Waals surface area contributed by atoms with Crippen molar-refractivity contribution in [2.75, 3.05) is 11.9 Å². The third-order valence-electron chi connectivity index (χ3n) is 4.18. The summed E-state index contributed by atoms with van der Waals surface area (Å²) < 4.78 is 11.9. The van der Waals surface area contributed by atoms with Gasteiger partial charge in [-0.05, 0) is 39.0 Å². The van der Waals surface area contributed by atoms with Crippen LogP contribution < -0.4 is 14.4 Å². The molecule has 1 aliphatic heterocycles. The maximum Gasteiger partial charge on any atom is 0.267 e. The first-order valence-corrected chi connectivity index (χ1v) is 8.17. The number of likely N-dealkylation sites (N-methyl/N-ethyl adjacent to an activating group) is 1. The van der Waals surface area contributed by atoms with Gasteiger partial charge >= 0.3 is 0 Å². The van der Waals surface area contributed by atoms with Crippen molar-refractivity contribution in [3.05, 3.63) is 54.1 Å². The van der Waals surface area contributed by atoms with Gasteiger partial charge in [0.2, 0.25) is 0 Å². The number of hydrogen-bond acceptors (Lipinski definition) is 3. The molecule has 4 heteroatoms. The van der Waals surface area contributed by atoms with E-state index in [1.165, 1.54) is 0 Å². The first kappa shape index (κ1) is 16.4. The van der Waals surface area contributed by atoms with Crippen molar-refractivity contribution in [2.45, 2.75) is 38.9 Å². The van der Waals surface area contributed by atoms with Crippen molar-refractivity contribution in [1.29, 1.82) is 0 Å². The van der Waals surface area contributed by atoms with Gasteiger partial charge in [-0.25, -0.2) is 0 Å². The van der Waals surface area contributed by atoms with Crippen LogP contribution in [0.25, 0.3) is 0 Å². The van der Waals surface area contributed by atoms with Crippen LogP contribution in [0.2, 0.25) is 0 Å². The van der Waals surface area contributed by atoms with E-state index in [1.54, 1.807) is 18.9 Å². The molecule has 0 saturated heterocycles. The van der Waals surface area contributed by atoms with Gasteiger partial charge in [0, 0.05) is 24.7 Å². The quantitative estimate of drug-likeness (QED) is 0.857. The third-order valence-corrected chi connectivity index (χ3v) is 4.18. The molecule has 0 unspecified atom stereocenters. The lowest BCUT2D eigenvalue weighted by atomic mass is 10.0. The van der Waals surface area contributed by atoms with Crippen molar-refractivity contribution in [3.63, 3.8) is 0 Å². The van der Waals surface area contributed by atoms with E-state index in [4.69, 9.17) is 9.47 Å². The zero-order valence-electron chi connectivity index (χ0n) is 14.6. The minimum atomic E-state index is -0.603. The van der Waals surface area contributed by atoms with E-state index < -0.39 is 6.10 Å². The number of para-hydroxylation sites is 2.